The summed E-state index contributed by atoms with van der Waals surface area (Å²) in [5.74, 6) is 0. The van der Waals surface area contributed by atoms with Crippen LogP contribution in [0.5, 0.6) is 0 Å². The van der Waals surface area contributed by atoms with Crippen molar-refractivity contribution in [2.24, 2.45) is 0 Å². The predicted octanol–water partition coefficient (Wildman–Crippen LogP) is 11.0. The normalized spacial score (nSPS) is 11.1. The highest BCUT2D eigenvalue weighted by molar-refractivity contribution is 7.26. The van der Waals surface area contributed by atoms with Crippen molar-refractivity contribution < 1.29 is 0 Å². The van der Waals surface area contributed by atoms with E-state index in [2.05, 4.69) is 109 Å². The Morgan fingerprint density at radius 2 is 0.886 bits per heavy atom. The zero-order valence-electron chi connectivity index (χ0n) is 23.1. The molecule has 0 aliphatic rings. The minimum Gasteiger partial charge on any atom is -0.192 e. The Hall–Kier alpha value is -5.77. The smallest absolute Gasteiger partial charge is 0.100 e. The van der Waals surface area contributed by atoms with E-state index in [0.717, 1.165) is 27.0 Å². The maximum Gasteiger partial charge on any atom is 0.100 e. The second-order valence-electron chi connectivity index (χ2n) is 10.7. The van der Waals surface area contributed by atoms with E-state index in [9.17, 15) is 15.8 Å². The number of rotatable bonds is 3. The molecule has 0 radical (unpaired) electrons. The SMILES string of the molecule is N#Cc1cc(C#N)cc(-c2cc(-c3ccc4c(c3)sc3ccccc34)cc(-c3ccc4c(c3)sc3ccccc34)c2C#N)c1. The molecule has 0 bridgehead atoms. The van der Waals surface area contributed by atoms with E-state index in [4.69, 9.17) is 0 Å². The fraction of sp³-hybridized carbons (Fsp3) is 0. The average molecular weight is 594 g/mol. The van der Waals surface area contributed by atoms with E-state index >= 15 is 0 Å². The molecule has 44 heavy (non-hydrogen) atoms. The lowest BCUT2D eigenvalue weighted by Gasteiger charge is -2.15. The largest absolute Gasteiger partial charge is 0.192 e. The molecule has 8 aromatic rings. The Morgan fingerprint density at radius 3 is 1.45 bits per heavy atom. The lowest BCUT2D eigenvalue weighted by atomic mass is 9.87. The van der Waals surface area contributed by atoms with E-state index < -0.39 is 0 Å². The molecular weight excluding hydrogens is 575 g/mol. The molecule has 0 atom stereocenters. The molecule has 0 N–H and O–H groups in total. The Morgan fingerprint density at radius 1 is 0.386 bits per heavy atom. The highest BCUT2D eigenvalue weighted by atomic mass is 32.1. The van der Waals surface area contributed by atoms with Crippen molar-refractivity contribution in [3.05, 3.63) is 132 Å². The molecule has 0 fully saturated rings. The van der Waals surface area contributed by atoms with E-state index in [1.165, 1.54) is 35.6 Å². The number of nitriles is 3. The Labute approximate surface area is 261 Å². The van der Waals surface area contributed by atoms with Crippen molar-refractivity contribution in [3.8, 4) is 51.6 Å². The van der Waals surface area contributed by atoms with E-state index in [1.807, 2.05) is 6.07 Å². The van der Waals surface area contributed by atoms with Gasteiger partial charge in [-0.15, -0.1) is 22.7 Å². The number of thiophene rings is 2. The summed E-state index contributed by atoms with van der Waals surface area (Å²) >= 11 is 3.51. The molecule has 0 saturated carbocycles. The third kappa shape index (κ3) is 4.14. The van der Waals surface area contributed by atoms with Crippen molar-refractivity contribution >= 4 is 63.0 Å². The molecule has 0 spiro atoms. The summed E-state index contributed by atoms with van der Waals surface area (Å²) in [7, 11) is 0. The summed E-state index contributed by atoms with van der Waals surface area (Å²) in [6.07, 6.45) is 0. The maximum atomic E-state index is 10.6. The van der Waals surface area contributed by atoms with Crippen LogP contribution in [-0.4, -0.2) is 0 Å². The van der Waals surface area contributed by atoms with Crippen molar-refractivity contribution in [1.29, 1.82) is 15.8 Å². The number of fused-ring (bicyclic) bond motifs is 6. The molecule has 6 aromatic carbocycles. The van der Waals surface area contributed by atoms with Gasteiger partial charge in [-0.05, 0) is 76.9 Å². The van der Waals surface area contributed by atoms with Crippen LogP contribution in [0.2, 0.25) is 0 Å². The van der Waals surface area contributed by atoms with Gasteiger partial charge in [0.1, 0.15) is 6.07 Å². The van der Waals surface area contributed by atoms with Crippen LogP contribution >= 0.6 is 22.7 Å². The highest BCUT2D eigenvalue weighted by Crippen LogP contribution is 2.42. The van der Waals surface area contributed by atoms with Gasteiger partial charge in [0.25, 0.3) is 0 Å². The number of hydrogen-bond donors (Lipinski definition) is 0. The van der Waals surface area contributed by atoms with Crippen LogP contribution < -0.4 is 0 Å². The van der Waals surface area contributed by atoms with E-state index in [1.54, 1.807) is 40.9 Å². The van der Waals surface area contributed by atoms with Gasteiger partial charge >= 0.3 is 0 Å². The lowest BCUT2D eigenvalue weighted by molar-refractivity contribution is 1.43. The first-order chi connectivity index (χ1) is 21.6. The summed E-state index contributed by atoms with van der Waals surface area (Å²) in [5, 5.41) is 34.9. The fourth-order valence-electron chi connectivity index (χ4n) is 6.10. The van der Waals surface area contributed by atoms with Crippen molar-refractivity contribution in [2.45, 2.75) is 0 Å². The molecule has 2 aromatic heterocycles. The molecule has 3 nitrogen and oxygen atoms in total. The Balaban J connectivity index is 1.40. The van der Waals surface area contributed by atoms with Crippen LogP contribution in [0.25, 0.3) is 73.7 Å². The van der Waals surface area contributed by atoms with Crippen LogP contribution in [0, 0.1) is 34.0 Å². The van der Waals surface area contributed by atoms with Crippen molar-refractivity contribution in [3.63, 3.8) is 0 Å². The monoisotopic (exact) mass is 593 g/mol. The number of hydrogen-bond acceptors (Lipinski definition) is 5. The third-order valence-corrected chi connectivity index (χ3v) is 10.4. The first-order valence-electron chi connectivity index (χ1n) is 14.0. The van der Waals surface area contributed by atoms with Gasteiger partial charge in [-0.1, -0.05) is 60.7 Å². The van der Waals surface area contributed by atoms with Gasteiger partial charge < -0.3 is 0 Å². The molecule has 0 saturated heterocycles. The first kappa shape index (κ1) is 25.9. The summed E-state index contributed by atoms with van der Waals surface area (Å²) < 4.78 is 4.82. The predicted molar refractivity (Wildman–Crippen MR) is 183 cm³/mol. The molecule has 0 unspecified atom stereocenters. The quantitative estimate of drug-likeness (QED) is 0.205. The molecule has 8 rings (SSSR count). The maximum absolute atomic E-state index is 10.6. The second kappa shape index (κ2) is 10.2. The lowest BCUT2D eigenvalue weighted by Crippen LogP contribution is -1.94. The minimum absolute atomic E-state index is 0.383. The molecule has 0 aliphatic heterocycles. The molecule has 0 amide bonds. The Kier molecular flexibility index (Phi) is 6.00. The fourth-order valence-corrected chi connectivity index (χ4v) is 8.39. The molecule has 5 heteroatoms. The molecule has 202 valence electrons. The number of benzene rings is 6. The standard InChI is InChI=1S/C39H19N3S2/c40-20-23-13-24(21-41)15-28(14-23)34-17-27(25-9-11-31-29-5-1-3-7-36(29)43-38(31)18-25)16-33(35(34)22-42)26-10-12-32-30-6-2-4-8-37(30)44-39(32)19-26/h1-19H. The van der Waals surface area contributed by atoms with Crippen molar-refractivity contribution in [2.75, 3.05) is 0 Å². The van der Waals surface area contributed by atoms with Crippen LogP contribution in [0.1, 0.15) is 16.7 Å². The average Bonchev–Trinajstić information content (AvgIpc) is 3.64. The zero-order chi connectivity index (χ0) is 29.8. The topological polar surface area (TPSA) is 71.4 Å². The Bertz CT molecular complexity index is 2570. The van der Waals surface area contributed by atoms with Gasteiger partial charge in [-0.25, -0.2) is 0 Å². The van der Waals surface area contributed by atoms with Gasteiger partial charge in [0.2, 0.25) is 0 Å². The van der Waals surface area contributed by atoms with Gasteiger partial charge in [0.05, 0.1) is 28.8 Å². The van der Waals surface area contributed by atoms with Crippen molar-refractivity contribution in [1.82, 2.24) is 0 Å². The van der Waals surface area contributed by atoms with E-state index in [-0.39, 0.29) is 0 Å². The molecule has 2 heterocycles. The van der Waals surface area contributed by atoms with Crippen LogP contribution in [-0.2, 0) is 0 Å². The van der Waals surface area contributed by atoms with Gasteiger partial charge in [-0.2, -0.15) is 15.8 Å². The second-order valence-corrected chi connectivity index (χ2v) is 12.9. The molecule has 0 aliphatic carbocycles. The third-order valence-electron chi connectivity index (χ3n) is 8.15. The van der Waals surface area contributed by atoms with Crippen LogP contribution in [0.4, 0.5) is 0 Å². The minimum atomic E-state index is 0.383. The first-order valence-corrected chi connectivity index (χ1v) is 15.6. The van der Waals surface area contributed by atoms with Crippen LogP contribution in [0.3, 0.4) is 0 Å². The van der Waals surface area contributed by atoms with Gasteiger partial charge in [0, 0.05) is 51.5 Å². The van der Waals surface area contributed by atoms with Crippen LogP contribution in [0.15, 0.2) is 115 Å². The molecular formula is C39H19N3S2. The zero-order valence-corrected chi connectivity index (χ0v) is 24.8. The number of nitrogens with zero attached hydrogens (tertiary/aromatic N) is 3. The summed E-state index contributed by atoms with van der Waals surface area (Å²) in [4.78, 5) is 0. The van der Waals surface area contributed by atoms with E-state index in [0.29, 0.717) is 27.8 Å². The summed E-state index contributed by atoms with van der Waals surface area (Å²) in [6, 6.07) is 45.8. The summed E-state index contributed by atoms with van der Waals surface area (Å²) in [6.45, 7) is 0. The summed E-state index contributed by atoms with van der Waals surface area (Å²) in [5.41, 5.74) is 6.41. The van der Waals surface area contributed by atoms with Gasteiger partial charge in [0.15, 0.2) is 0 Å². The highest BCUT2D eigenvalue weighted by Gasteiger charge is 2.18. The van der Waals surface area contributed by atoms with Gasteiger partial charge in [-0.3, -0.25) is 0 Å².